The highest BCUT2D eigenvalue weighted by Crippen LogP contribution is 2.35. The summed E-state index contributed by atoms with van der Waals surface area (Å²) in [4.78, 5) is 12.5. The zero-order valence-corrected chi connectivity index (χ0v) is 15.5. The number of ether oxygens (including phenoxy) is 1. The summed E-state index contributed by atoms with van der Waals surface area (Å²) in [7, 11) is 0. The monoisotopic (exact) mass is 345 g/mol. The summed E-state index contributed by atoms with van der Waals surface area (Å²) in [5.74, 6) is 0.639. The normalized spacial score (nSPS) is 12.4. The highest BCUT2D eigenvalue weighted by molar-refractivity contribution is 6.05. The fourth-order valence-electron chi connectivity index (χ4n) is 3.84. The van der Waals surface area contributed by atoms with E-state index in [1.807, 2.05) is 26.0 Å². The van der Waals surface area contributed by atoms with Gasteiger partial charge in [-0.15, -0.1) is 0 Å². The number of aryl methyl sites for hydroxylation is 4. The van der Waals surface area contributed by atoms with Crippen LogP contribution in [0.1, 0.15) is 27.8 Å². The molecule has 132 valence electrons. The van der Waals surface area contributed by atoms with E-state index in [0.717, 1.165) is 40.8 Å². The fourth-order valence-corrected chi connectivity index (χ4v) is 3.84. The van der Waals surface area contributed by atoms with Gasteiger partial charge in [-0.2, -0.15) is 0 Å². The molecule has 0 atom stereocenters. The SMILES string of the molecule is Cc1cc(C)c(C)c(OCC(=O)Nc2ccc3c4c(cccc24)CC3)c1. The lowest BCUT2D eigenvalue weighted by Crippen LogP contribution is -2.20. The molecule has 3 aromatic rings. The molecule has 0 aliphatic heterocycles. The highest BCUT2D eigenvalue weighted by atomic mass is 16.5. The third-order valence-corrected chi connectivity index (χ3v) is 5.27. The van der Waals surface area contributed by atoms with Crippen molar-refractivity contribution < 1.29 is 9.53 Å². The maximum absolute atomic E-state index is 12.5. The lowest BCUT2D eigenvalue weighted by Gasteiger charge is -2.14. The minimum atomic E-state index is -0.137. The smallest absolute Gasteiger partial charge is 0.262 e. The van der Waals surface area contributed by atoms with Crippen molar-refractivity contribution in [2.75, 3.05) is 11.9 Å². The Bertz CT molecular complexity index is 1010. The van der Waals surface area contributed by atoms with Crippen LogP contribution in [-0.2, 0) is 17.6 Å². The van der Waals surface area contributed by atoms with Crippen molar-refractivity contribution in [1.29, 1.82) is 0 Å². The Kier molecular flexibility index (Phi) is 4.15. The summed E-state index contributed by atoms with van der Waals surface area (Å²) in [6.45, 7) is 6.12. The number of rotatable bonds is 4. The Morgan fingerprint density at radius 2 is 1.81 bits per heavy atom. The maximum atomic E-state index is 12.5. The van der Waals surface area contributed by atoms with Crippen molar-refractivity contribution in [2.45, 2.75) is 33.6 Å². The van der Waals surface area contributed by atoms with Crippen molar-refractivity contribution in [3.05, 3.63) is 70.3 Å². The predicted molar refractivity (Wildman–Crippen MR) is 106 cm³/mol. The molecular weight excluding hydrogens is 322 g/mol. The minimum Gasteiger partial charge on any atom is -0.483 e. The molecule has 0 saturated carbocycles. The van der Waals surface area contributed by atoms with Crippen LogP contribution in [0.25, 0.3) is 10.8 Å². The quantitative estimate of drug-likeness (QED) is 0.732. The van der Waals surface area contributed by atoms with E-state index < -0.39 is 0 Å². The van der Waals surface area contributed by atoms with Gasteiger partial charge in [-0.25, -0.2) is 0 Å². The molecule has 1 N–H and O–H groups in total. The van der Waals surface area contributed by atoms with Crippen LogP contribution in [0.2, 0.25) is 0 Å². The van der Waals surface area contributed by atoms with Gasteiger partial charge in [0, 0.05) is 11.1 Å². The molecule has 3 heteroatoms. The van der Waals surface area contributed by atoms with Crippen molar-refractivity contribution in [3.8, 4) is 5.75 Å². The number of nitrogens with one attached hydrogen (secondary N) is 1. The standard InChI is InChI=1S/C23H23NO2/c1-14-11-15(2)16(3)21(12-14)26-13-22(25)24-20-10-9-18-8-7-17-5-4-6-19(20)23(17)18/h4-6,9-12H,7-8,13H2,1-3H3,(H,24,25). The van der Waals surface area contributed by atoms with E-state index in [9.17, 15) is 4.79 Å². The van der Waals surface area contributed by atoms with Crippen LogP contribution >= 0.6 is 0 Å². The molecule has 0 unspecified atom stereocenters. The first-order valence-electron chi connectivity index (χ1n) is 9.07. The van der Waals surface area contributed by atoms with Gasteiger partial charge in [-0.05, 0) is 78.9 Å². The largest absolute Gasteiger partial charge is 0.483 e. The molecule has 4 rings (SSSR count). The second-order valence-electron chi connectivity index (χ2n) is 7.15. The number of benzene rings is 3. The molecule has 0 heterocycles. The summed E-state index contributed by atoms with van der Waals surface area (Å²) >= 11 is 0. The first-order valence-corrected chi connectivity index (χ1v) is 9.07. The lowest BCUT2D eigenvalue weighted by atomic mass is 10.0. The first-order chi connectivity index (χ1) is 12.5. The summed E-state index contributed by atoms with van der Waals surface area (Å²) in [5, 5.41) is 5.44. The summed E-state index contributed by atoms with van der Waals surface area (Å²) < 4.78 is 5.79. The molecule has 0 spiro atoms. The van der Waals surface area contributed by atoms with E-state index in [1.165, 1.54) is 22.1 Å². The fraction of sp³-hybridized carbons (Fsp3) is 0.261. The molecule has 0 fully saturated rings. The van der Waals surface area contributed by atoms with Crippen LogP contribution in [-0.4, -0.2) is 12.5 Å². The van der Waals surface area contributed by atoms with E-state index in [1.54, 1.807) is 0 Å². The Labute approximate surface area is 154 Å². The van der Waals surface area contributed by atoms with E-state index >= 15 is 0 Å². The van der Waals surface area contributed by atoms with Crippen molar-refractivity contribution in [1.82, 2.24) is 0 Å². The van der Waals surface area contributed by atoms with Gasteiger partial charge in [0.15, 0.2) is 6.61 Å². The molecule has 0 saturated heterocycles. The van der Waals surface area contributed by atoms with Crippen LogP contribution in [0.15, 0.2) is 42.5 Å². The Balaban J connectivity index is 1.52. The minimum absolute atomic E-state index is 0.00662. The Hall–Kier alpha value is -2.81. The molecule has 3 nitrogen and oxygen atoms in total. The highest BCUT2D eigenvalue weighted by Gasteiger charge is 2.17. The topological polar surface area (TPSA) is 38.3 Å². The third kappa shape index (κ3) is 2.94. The molecule has 0 bridgehead atoms. The van der Waals surface area contributed by atoms with Gasteiger partial charge in [-0.3, -0.25) is 4.79 Å². The second kappa shape index (κ2) is 6.49. The molecule has 1 aliphatic carbocycles. The molecular formula is C23H23NO2. The number of carbonyl (C=O) groups excluding carboxylic acids is 1. The average molecular weight is 345 g/mol. The zero-order valence-electron chi connectivity index (χ0n) is 15.5. The number of hydrogen-bond acceptors (Lipinski definition) is 2. The average Bonchev–Trinajstić information content (AvgIpc) is 3.04. The van der Waals surface area contributed by atoms with Crippen molar-refractivity contribution >= 4 is 22.4 Å². The van der Waals surface area contributed by atoms with Crippen LogP contribution in [0.5, 0.6) is 5.75 Å². The van der Waals surface area contributed by atoms with Crippen LogP contribution in [0.4, 0.5) is 5.69 Å². The maximum Gasteiger partial charge on any atom is 0.262 e. The van der Waals surface area contributed by atoms with Crippen LogP contribution < -0.4 is 10.1 Å². The van der Waals surface area contributed by atoms with Crippen molar-refractivity contribution in [2.24, 2.45) is 0 Å². The Morgan fingerprint density at radius 3 is 2.62 bits per heavy atom. The van der Waals surface area contributed by atoms with Crippen LogP contribution in [0.3, 0.4) is 0 Å². The van der Waals surface area contributed by atoms with Gasteiger partial charge in [0.05, 0.1) is 0 Å². The number of amides is 1. The van der Waals surface area contributed by atoms with Crippen molar-refractivity contribution in [3.63, 3.8) is 0 Å². The van der Waals surface area contributed by atoms with E-state index in [-0.39, 0.29) is 12.5 Å². The number of anilines is 1. The van der Waals surface area contributed by atoms with Gasteiger partial charge >= 0.3 is 0 Å². The first kappa shape index (κ1) is 16.6. The van der Waals surface area contributed by atoms with E-state index in [4.69, 9.17) is 4.74 Å². The molecule has 26 heavy (non-hydrogen) atoms. The van der Waals surface area contributed by atoms with E-state index in [0.29, 0.717) is 0 Å². The van der Waals surface area contributed by atoms with Gasteiger partial charge in [0.25, 0.3) is 5.91 Å². The summed E-state index contributed by atoms with van der Waals surface area (Å²) in [6, 6.07) is 14.6. The molecule has 3 aromatic carbocycles. The van der Waals surface area contributed by atoms with E-state index in [2.05, 4.69) is 42.6 Å². The Morgan fingerprint density at radius 1 is 1.04 bits per heavy atom. The molecule has 0 radical (unpaired) electrons. The summed E-state index contributed by atoms with van der Waals surface area (Å²) in [6.07, 6.45) is 2.17. The number of hydrogen-bond donors (Lipinski definition) is 1. The lowest BCUT2D eigenvalue weighted by molar-refractivity contribution is -0.118. The molecule has 1 aliphatic rings. The van der Waals surface area contributed by atoms with Crippen LogP contribution in [0, 0.1) is 20.8 Å². The van der Waals surface area contributed by atoms with Gasteiger partial charge in [-0.1, -0.05) is 30.3 Å². The third-order valence-electron chi connectivity index (χ3n) is 5.27. The van der Waals surface area contributed by atoms with Gasteiger partial charge in [0.1, 0.15) is 5.75 Å². The molecule has 0 aromatic heterocycles. The number of carbonyl (C=O) groups is 1. The van der Waals surface area contributed by atoms with Gasteiger partial charge < -0.3 is 10.1 Å². The zero-order chi connectivity index (χ0) is 18.3. The molecule has 1 amide bonds. The predicted octanol–water partition coefficient (Wildman–Crippen LogP) is 4.88. The van der Waals surface area contributed by atoms with Gasteiger partial charge in [0.2, 0.25) is 0 Å². The second-order valence-corrected chi connectivity index (χ2v) is 7.15. The summed E-state index contributed by atoms with van der Waals surface area (Å²) in [5.41, 5.74) is 6.99.